The molecular weight excluding hydrogens is 446 g/mol. The van der Waals surface area contributed by atoms with Crippen LogP contribution in [-0.4, -0.2) is 58.7 Å². The summed E-state index contributed by atoms with van der Waals surface area (Å²) in [6, 6.07) is 8.36. The van der Waals surface area contributed by atoms with Gasteiger partial charge in [-0.25, -0.2) is 0 Å². The van der Waals surface area contributed by atoms with E-state index in [1.807, 2.05) is 0 Å². The molecule has 0 aromatic heterocycles. The van der Waals surface area contributed by atoms with Crippen molar-refractivity contribution in [2.24, 2.45) is 0 Å². The number of rotatable bonds is 10. The maximum atomic E-state index is 12.4. The van der Waals surface area contributed by atoms with E-state index in [1.54, 1.807) is 30.3 Å². The molecule has 2 aromatic rings. The van der Waals surface area contributed by atoms with Crippen molar-refractivity contribution in [1.82, 2.24) is 5.32 Å². The Morgan fingerprint density at radius 2 is 1.52 bits per heavy atom. The van der Waals surface area contributed by atoms with Crippen LogP contribution in [-0.2, 0) is 0 Å². The molecule has 0 aliphatic rings. The lowest BCUT2D eigenvalue weighted by atomic mass is 10.2. The van der Waals surface area contributed by atoms with E-state index in [0.29, 0.717) is 38.8 Å². The molecule has 0 spiro atoms. The molecule has 1 atom stereocenters. The molecular formula is C20H24BrNO7. The quantitative estimate of drug-likeness (QED) is 0.551. The van der Waals surface area contributed by atoms with Crippen LogP contribution in [0, 0.1) is 0 Å². The SMILES string of the molecule is COc1cc(C(=O)NCC(O)COc2c(OC)cccc2OC)cc(OC)c1Br. The fourth-order valence-electron chi connectivity index (χ4n) is 2.51. The molecule has 2 aromatic carbocycles. The van der Waals surface area contributed by atoms with Crippen LogP contribution < -0.4 is 29.0 Å². The second-order valence-electron chi connectivity index (χ2n) is 5.86. The first-order valence-corrected chi connectivity index (χ1v) is 9.46. The highest BCUT2D eigenvalue weighted by atomic mass is 79.9. The van der Waals surface area contributed by atoms with Crippen LogP contribution in [0.1, 0.15) is 10.4 Å². The van der Waals surface area contributed by atoms with Crippen molar-refractivity contribution in [2.45, 2.75) is 6.10 Å². The Morgan fingerprint density at radius 3 is 2.00 bits per heavy atom. The average Bonchev–Trinajstić information content (AvgIpc) is 2.75. The first-order valence-electron chi connectivity index (χ1n) is 8.66. The third-order valence-corrected chi connectivity index (χ3v) is 4.79. The van der Waals surface area contributed by atoms with Crippen LogP contribution >= 0.6 is 15.9 Å². The van der Waals surface area contributed by atoms with E-state index in [1.165, 1.54) is 28.4 Å². The summed E-state index contributed by atoms with van der Waals surface area (Å²) < 4.78 is 27.2. The Bertz CT molecular complexity index is 796. The van der Waals surface area contributed by atoms with Crippen LogP contribution in [0.3, 0.4) is 0 Å². The van der Waals surface area contributed by atoms with Gasteiger partial charge in [-0.3, -0.25) is 4.79 Å². The Labute approximate surface area is 177 Å². The van der Waals surface area contributed by atoms with Crippen molar-refractivity contribution < 1.29 is 33.6 Å². The standard InChI is InChI=1S/C20H24BrNO7/c1-25-14-6-5-7-15(26-2)19(14)29-11-13(23)10-22-20(24)12-8-16(27-3)18(21)17(9-12)28-4/h5-9,13,23H,10-11H2,1-4H3,(H,22,24). The van der Waals surface area contributed by atoms with Crippen LogP contribution in [0.15, 0.2) is 34.8 Å². The van der Waals surface area contributed by atoms with E-state index in [9.17, 15) is 9.90 Å². The molecule has 9 heteroatoms. The van der Waals surface area contributed by atoms with E-state index in [2.05, 4.69) is 21.2 Å². The molecule has 0 aliphatic carbocycles. The topological polar surface area (TPSA) is 95.5 Å². The van der Waals surface area contributed by atoms with Crippen molar-refractivity contribution in [3.63, 3.8) is 0 Å². The molecule has 158 valence electrons. The van der Waals surface area contributed by atoms with Gasteiger partial charge < -0.3 is 34.1 Å². The third-order valence-electron chi connectivity index (χ3n) is 4.01. The van der Waals surface area contributed by atoms with Crippen molar-refractivity contribution >= 4 is 21.8 Å². The smallest absolute Gasteiger partial charge is 0.251 e. The number of hydrogen-bond donors (Lipinski definition) is 2. The Hall–Kier alpha value is -2.65. The molecule has 1 amide bonds. The number of halogens is 1. The highest BCUT2D eigenvalue weighted by Crippen LogP contribution is 2.37. The molecule has 2 rings (SSSR count). The Balaban J connectivity index is 1.98. The van der Waals surface area contributed by atoms with Gasteiger partial charge in [-0.2, -0.15) is 0 Å². The van der Waals surface area contributed by atoms with E-state index >= 15 is 0 Å². The predicted octanol–water partition coefficient (Wildman–Crippen LogP) is 2.65. The second-order valence-corrected chi connectivity index (χ2v) is 6.65. The highest BCUT2D eigenvalue weighted by Gasteiger charge is 2.17. The molecule has 1 unspecified atom stereocenters. The summed E-state index contributed by atoms with van der Waals surface area (Å²) in [6.07, 6.45) is -0.951. The zero-order chi connectivity index (χ0) is 21.4. The number of aliphatic hydroxyl groups excluding tert-OH is 1. The molecule has 0 saturated heterocycles. The largest absolute Gasteiger partial charge is 0.495 e. The average molecular weight is 470 g/mol. The van der Waals surface area contributed by atoms with Gasteiger partial charge in [0.25, 0.3) is 5.91 Å². The van der Waals surface area contributed by atoms with Gasteiger partial charge in [-0.15, -0.1) is 0 Å². The Morgan fingerprint density at radius 1 is 1.00 bits per heavy atom. The number of aliphatic hydroxyl groups is 1. The number of nitrogens with one attached hydrogen (secondary N) is 1. The van der Waals surface area contributed by atoms with Crippen molar-refractivity contribution in [1.29, 1.82) is 0 Å². The normalized spacial score (nSPS) is 11.4. The number of ether oxygens (including phenoxy) is 5. The summed E-state index contributed by atoms with van der Waals surface area (Å²) >= 11 is 3.35. The highest BCUT2D eigenvalue weighted by molar-refractivity contribution is 9.10. The minimum atomic E-state index is -0.951. The molecule has 0 bridgehead atoms. The zero-order valence-corrected chi connectivity index (χ0v) is 18.2. The molecule has 29 heavy (non-hydrogen) atoms. The molecule has 0 heterocycles. The third kappa shape index (κ3) is 5.68. The maximum Gasteiger partial charge on any atom is 0.251 e. The van der Waals surface area contributed by atoms with E-state index < -0.39 is 6.10 Å². The maximum absolute atomic E-state index is 12.4. The van der Waals surface area contributed by atoms with Crippen molar-refractivity contribution in [3.8, 4) is 28.7 Å². The number of carbonyl (C=O) groups is 1. The van der Waals surface area contributed by atoms with Crippen molar-refractivity contribution in [3.05, 3.63) is 40.4 Å². The molecule has 0 aliphatic heterocycles. The molecule has 8 nitrogen and oxygen atoms in total. The van der Waals surface area contributed by atoms with Gasteiger partial charge in [0, 0.05) is 12.1 Å². The van der Waals surface area contributed by atoms with Gasteiger partial charge in [-0.1, -0.05) is 6.07 Å². The number of amides is 1. The van der Waals surface area contributed by atoms with Crippen molar-refractivity contribution in [2.75, 3.05) is 41.6 Å². The van der Waals surface area contributed by atoms with Gasteiger partial charge >= 0.3 is 0 Å². The fraction of sp³-hybridized carbons (Fsp3) is 0.350. The minimum absolute atomic E-state index is 0.0169. The van der Waals surface area contributed by atoms with Gasteiger partial charge in [-0.05, 0) is 40.2 Å². The molecule has 2 N–H and O–H groups in total. The Kier molecular flexibility index (Phi) is 8.41. The summed E-state index contributed by atoms with van der Waals surface area (Å²) in [5, 5.41) is 12.9. The molecule has 0 radical (unpaired) electrons. The second kappa shape index (κ2) is 10.8. The summed E-state index contributed by atoms with van der Waals surface area (Å²) in [6.45, 7) is -0.0824. The van der Waals surface area contributed by atoms with E-state index in [4.69, 9.17) is 23.7 Å². The predicted molar refractivity (Wildman–Crippen MR) is 111 cm³/mol. The summed E-state index contributed by atoms with van der Waals surface area (Å²) in [7, 11) is 6.01. The van der Waals surface area contributed by atoms with Gasteiger partial charge in [0.05, 0.1) is 28.4 Å². The van der Waals surface area contributed by atoms with Gasteiger partial charge in [0.15, 0.2) is 11.5 Å². The lowest BCUT2D eigenvalue weighted by Crippen LogP contribution is -2.35. The van der Waals surface area contributed by atoms with Crippen LogP contribution in [0.25, 0.3) is 0 Å². The summed E-state index contributed by atoms with van der Waals surface area (Å²) in [5.74, 6) is 1.88. The number of hydrogen-bond acceptors (Lipinski definition) is 7. The molecule has 0 fully saturated rings. The first kappa shape index (κ1) is 22.6. The lowest BCUT2D eigenvalue weighted by Gasteiger charge is -2.17. The number of carbonyl (C=O) groups excluding carboxylic acids is 1. The minimum Gasteiger partial charge on any atom is -0.495 e. The fourth-order valence-corrected chi connectivity index (χ4v) is 3.06. The number of methoxy groups -OCH3 is 4. The van der Waals surface area contributed by atoms with E-state index in [0.717, 1.165) is 0 Å². The monoisotopic (exact) mass is 469 g/mol. The molecule has 0 saturated carbocycles. The van der Waals surface area contributed by atoms with Gasteiger partial charge in [0.1, 0.15) is 28.7 Å². The van der Waals surface area contributed by atoms with Crippen LogP contribution in [0.4, 0.5) is 0 Å². The van der Waals surface area contributed by atoms with Crippen LogP contribution in [0.2, 0.25) is 0 Å². The summed E-state index contributed by atoms with van der Waals surface area (Å²) in [4.78, 5) is 12.4. The zero-order valence-electron chi connectivity index (χ0n) is 16.7. The number of benzene rings is 2. The van der Waals surface area contributed by atoms with Gasteiger partial charge in [0.2, 0.25) is 5.75 Å². The lowest BCUT2D eigenvalue weighted by molar-refractivity contribution is 0.0833. The first-order chi connectivity index (χ1) is 13.9. The van der Waals surface area contributed by atoms with E-state index in [-0.39, 0.29) is 19.1 Å². The summed E-state index contributed by atoms with van der Waals surface area (Å²) in [5.41, 5.74) is 0.335. The number of para-hydroxylation sites is 1. The van der Waals surface area contributed by atoms with Crippen LogP contribution in [0.5, 0.6) is 28.7 Å².